The molecule has 2 rings (SSSR count). The van der Waals surface area contributed by atoms with Gasteiger partial charge in [-0.15, -0.1) is 0 Å². The fraction of sp³-hybridized carbons (Fsp3) is 1.00. The fourth-order valence-electron chi connectivity index (χ4n) is 4.19. The van der Waals surface area contributed by atoms with E-state index in [0.717, 1.165) is 29.7 Å². The maximum atomic E-state index is 3.60. The highest BCUT2D eigenvalue weighted by Gasteiger charge is 2.32. The molecule has 0 aromatic rings. The number of nitrogens with one attached hydrogen (secondary N) is 1. The second-order valence-electron chi connectivity index (χ2n) is 7.62. The average molecular weight is 280 g/mol. The Morgan fingerprint density at radius 3 is 2.35 bits per heavy atom. The molecule has 0 spiro atoms. The Kier molecular flexibility index (Phi) is 6.35. The van der Waals surface area contributed by atoms with E-state index in [1.807, 2.05) is 0 Å². The summed E-state index contributed by atoms with van der Waals surface area (Å²) in [6, 6.07) is 0.750. The summed E-state index contributed by atoms with van der Waals surface area (Å²) < 4.78 is 0. The molecule has 2 nitrogen and oxygen atoms in total. The molecule has 2 saturated carbocycles. The van der Waals surface area contributed by atoms with Crippen LogP contribution in [0.1, 0.15) is 59.3 Å². The predicted octanol–water partition coefficient (Wildman–Crippen LogP) is 3.77. The van der Waals surface area contributed by atoms with Crippen LogP contribution in [0, 0.1) is 23.7 Å². The summed E-state index contributed by atoms with van der Waals surface area (Å²) in [5.41, 5.74) is 0. The van der Waals surface area contributed by atoms with Crippen molar-refractivity contribution in [1.29, 1.82) is 0 Å². The molecule has 2 heteroatoms. The van der Waals surface area contributed by atoms with Crippen molar-refractivity contribution in [2.24, 2.45) is 23.7 Å². The normalized spacial score (nSPS) is 31.8. The summed E-state index contributed by atoms with van der Waals surface area (Å²) >= 11 is 0. The third kappa shape index (κ3) is 4.21. The van der Waals surface area contributed by atoms with E-state index in [9.17, 15) is 0 Å². The monoisotopic (exact) mass is 280 g/mol. The molecular weight excluding hydrogens is 244 g/mol. The quantitative estimate of drug-likeness (QED) is 0.763. The smallest absolute Gasteiger partial charge is 0.0105 e. The van der Waals surface area contributed by atoms with Gasteiger partial charge in [0.2, 0.25) is 0 Å². The molecule has 0 saturated heterocycles. The molecule has 118 valence electrons. The zero-order chi connectivity index (χ0) is 14.5. The molecule has 0 bridgehead atoms. The lowest BCUT2D eigenvalue weighted by molar-refractivity contribution is 0.106. The molecule has 20 heavy (non-hydrogen) atoms. The molecule has 0 aromatic carbocycles. The highest BCUT2D eigenvalue weighted by Crippen LogP contribution is 2.35. The van der Waals surface area contributed by atoms with Crippen LogP contribution in [0.2, 0.25) is 0 Å². The van der Waals surface area contributed by atoms with E-state index in [1.54, 1.807) is 0 Å². The van der Waals surface area contributed by atoms with Crippen molar-refractivity contribution in [3.05, 3.63) is 0 Å². The van der Waals surface area contributed by atoms with E-state index in [0.29, 0.717) is 0 Å². The molecule has 1 N–H and O–H groups in total. The van der Waals surface area contributed by atoms with Crippen molar-refractivity contribution >= 4 is 0 Å². The Balaban J connectivity index is 1.87. The topological polar surface area (TPSA) is 15.3 Å². The first-order valence-corrected chi connectivity index (χ1v) is 9.03. The summed E-state index contributed by atoms with van der Waals surface area (Å²) in [6.07, 6.45) is 8.67. The van der Waals surface area contributed by atoms with E-state index in [4.69, 9.17) is 0 Å². The second-order valence-corrected chi connectivity index (χ2v) is 7.62. The predicted molar refractivity (Wildman–Crippen MR) is 88.0 cm³/mol. The third-order valence-electron chi connectivity index (χ3n) is 6.02. The zero-order valence-corrected chi connectivity index (χ0v) is 14.2. The number of rotatable bonds is 7. The lowest BCUT2D eigenvalue weighted by Gasteiger charge is -2.41. The lowest BCUT2D eigenvalue weighted by Crippen LogP contribution is -2.46. The fourth-order valence-corrected chi connectivity index (χ4v) is 4.19. The van der Waals surface area contributed by atoms with Gasteiger partial charge in [0.15, 0.2) is 0 Å². The van der Waals surface area contributed by atoms with Crippen LogP contribution < -0.4 is 5.32 Å². The Labute approximate surface area is 126 Å². The molecule has 3 atom stereocenters. The van der Waals surface area contributed by atoms with Crippen LogP contribution in [0.4, 0.5) is 0 Å². The molecule has 0 amide bonds. The molecule has 2 fully saturated rings. The van der Waals surface area contributed by atoms with Gasteiger partial charge in [0.1, 0.15) is 0 Å². The summed E-state index contributed by atoms with van der Waals surface area (Å²) in [7, 11) is 2.16. The van der Waals surface area contributed by atoms with E-state index in [1.165, 1.54) is 58.2 Å². The van der Waals surface area contributed by atoms with Gasteiger partial charge in [-0.2, -0.15) is 0 Å². The highest BCUT2D eigenvalue weighted by molar-refractivity contribution is 4.87. The third-order valence-corrected chi connectivity index (χ3v) is 6.02. The molecule has 0 aliphatic heterocycles. The average Bonchev–Trinajstić information content (AvgIpc) is 2.40. The first kappa shape index (κ1) is 16.3. The van der Waals surface area contributed by atoms with Crippen LogP contribution >= 0.6 is 0 Å². The highest BCUT2D eigenvalue weighted by atomic mass is 15.1. The van der Waals surface area contributed by atoms with Gasteiger partial charge in [0.05, 0.1) is 0 Å². The summed E-state index contributed by atoms with van der Waals surface area (Å²) in [6.45, 7) is 11.1. The van der Waals surface area contributed by atoms with E-state index >= 15 is 0 Å². The number of hydrogen-bond acceptors (Lipinski definition) is 2. The van der Waals surface area contributed by atoms with Gasteiger partial charge in [-0.25, -0.2) is 0 Å². The van der Waals surface area contributed by atoms with Crippen molar-refractivity contribution in [2.45, 2.75) is 65.3 Å². The van der Waals surface area contributed by atoms with Gasteiger partial charge in [0.25, 0.3) is 0 Å². The maximum Gasteiger partial charge on any atom is 0.0105 e. The number of hydrogen-bond donors (Lipinski definition) is 1. The van der Waals surface area contributed by atoms with Crippen LogP contribution in [-0.2, 0) is 0 Å². The van der Waals surface area contributed by atoms with Crippen molar-refractivity contribution in [1.82, 2.24) is 10.2 Å². The van der Waals surface area contributed by atoms with E-state index in [2.05, 4.69) is 38.0 Å². The van der Waals surface area contributed by atoms with Gasteiger partial charge in [0, 0.05) is 19.1 Å². The van der Waals surface area contributed by atoms with Crippen molar-refractivity contribution in [3.8, 4) is 0 Å². The van der Waals surface area contributed by atoms with Crippen molar-refractivity contribution in [2.75, 3.05) is 26.7 Å². The Hall–Kier alpha value is -0.0800. The van der Waals surface area contributed by atoms with Gasteiger partial charge < -0.3 is 10.2 Å². The molecular formula is C18H36N2. The standard InChI is InChI=1S/C18H36N2/c1-5-20(12-15-7-6-8-15)13-17-11-16(14(2)3)9-10-18(17)19-4/h14-19H,5-13H2,1-4H3. The number of nitrogens with zero attached hydrogens (tertiary/aromatic N) is 1. The van der Waals surface area contributed by atoms with Gasteiger partial charge in [-0.3, -0.25) is 0 Å². The van der Waals surface area contributed by atoms with Crippen molar-refractivity contribution in [3.63, 3.8) is 0 Å². The summed E-state index contributed by atoms with van der Waals surface area (Å²) in [5, 5.41) is 3.60. The Bertz CT molecular complexity index is 273. The molecule has 0 aromatic heterocycles. The van der Waals surface area contributed by atoms with Crippen LogP contribution in [0.5, 0.6) is 0 Å². The maximum absolute atomic E-state index is 3.60. The molecule has 2 aliphatic carbocycles. The minimum Gasteiger partial charge on any atom is -0.317 e. The summed E-state index contributed by atoms with van der Waals surface area (Å²) in [5.74, 6) is 3.68. The second kappa shape index (κ2) is 7.79. The van der Waals surface area contributed by atoms with Crippen LogP contribution in [0.3, 0.4) is 0 Å². The van der Waals surface area contributed by atoms with Gasteiger partial charge in [-0.05, 0) is 69.4 Å². The largest absolute Gasteiger partial charge is 0.317 e. The van der Waals surface area contributed by atoms with Crippen LogP contribution in [-0.4, -0.2) is 37.6 Å². The molecule has 0 heterocycles. The van der Waals surface area contributed by atoms with Crippen LogP contribution in [0.25, 0.3) is 0 Å². The molecule has 0 radical (unpaired) electrons. The molecule has 3 unspecified atom stereocenters. The van der Waals surface area contributed by atoms with Crippen molar-refractivity contribution < 1.29 is 0 Å². The van der Waals surface area contributed by atoms with E-state index < -0.39 is 0 Å². The van der Waals surface area contributed by atoms with Gasteiger partial charge in [-0.1, -0.05) is 27.2 Å². The SMILES string of the molecule is CCN(CC1CCC1)CC1CC(C(C)C)CCC1NC. The summed E-state index contributed by atoms with van der Waals surface area (Å²) in [4.78, 5) is 2.74. The minimum absolute atomic E-state index is 0.750. The zero-order valence-electron chi connectivity index (χ0n) is 14.2. The first-order chi connectivity index (χ1) is 9.63. The molecule has 2 aliphatic rings. The first-order valence-electron chi connectivity index (χ1n) is 9.03. The van der Waals surface area contributed by atoms with Crippen LogP contribution in [0.15, 0.2) is 0 Å². The van der Waals surface area contributed by atoms with E-state index in [-0.39, 0.29) is 0 Å². The van der Waals surface area contributed by atoms with Gasteiger partial charge >= 0.3 is 0 Å². The Morgan fingerprint density at radius 1 is 1.10 bits per heavy atom. The lowest BCUT2D eigenvalue weighted by atomic mass is 9.73. The Morgan fingerprint density at radius 2 is 1.85 bits per heavy atom. The minimum atomic E-state index is 0.750.